The van der Waals surface area contributed by atoms with E-state index in [1.807, 2.05) is 42.5 Å². The molecule has 3 aromatic carbocycles. The van der Waals surface area contributed by atoms with E-state index in [-0.39, 0.29) is 6.61 Å². The molecule has 0 spiro atoms. The smallest absolute Gasteiger partial charge is 0.338 e. The van der Waals surface area contributed by atoms with Crippen LogP contribution < -0.4 is 0 Å². The van der Waals surface area contributed by atoms with Crippen LogP contribution >= 0.6 is 0 Å². The molecule has 0 saturated carbocycles. The van der Waals surface area contributed by atoms with Crippen molar-refractivity contribution in [2.45, 2.75) is 6.61 Å². The Morgan fingerprint density at radius 1 is 0.806 bits per heavy atom. The average molecular weight is 419 g/mol. The number of esters is 2. The molecule has 0 amide bonds. The van der Waals surface area contributed by atoms with Gasteiger partial charge in [-0.05, 0) is 40.6 Å². The second-order valence-electron chi connectivity index (χ2n) is 7.38. The lowest BCUT2D eigenvalue weighted by molar-refractivity contribution is 0.0195. The number of fused-ring (bicyclic) bond motifs is 1. The highest BCUT2D eigenvalue weighted by molar-refractivity contribution is 5.93. The van der Waals surface area contributed by atoms with Crippen molar-refractivity contribution in [3.8, 4) is 0 Å². The third-order valence-electron chi connectivity index (χ3n) is 5.34. The second-order valence-corrected chi connectivity index (χ2v) is 7.38. The predicted octanol–water partition coefficient (Wildman–Crippen LogP) is 3.69. The minimum absolute atomic E-state index is 0.186. The summed E-state index contributed by atoms with van der Waals surface area (Å²) in [6.45, 7) is 4.34. The van der Waals surface area contributed by atoms with Gasteiger partial charge in [-0.2, -0.15) is 0 Å². The van der Waals surface area contributed by atoms with E-state index < -0.39 is 11.9 Å². The van der Waals surface area contributed by atoms with Crippen LogP contribution in [0.5, 0.6) is 0 Å². The molecule has 3 aromatic rings. The Hall–Kier alpha value is -3.22. The van der Waals surface area contributed by atoms with Crippen molar-refractivity contribution < 1.29 is 23.8 Å². The Labute approximate surface area is 181 Å². The average Bonchev–Trinajstić information content (AvgIpc) is 2.83. The molecule has 1 fully saturated rings. The van der Waals surface area contributed by atoms with Crippen LogP contribution in [-0.4, -0.2) is 56.3 Å². The number of nitrogens with zero attached hydrogens (tertiary/aromatic N) is 1. The summed E-state index contributed by atoms with van der Waals surface area (Å²) in [5.41, 5.74) is 1.75. The molecule has 0 N–H and O–H groups in total. The minimum Gasteiger partial charge on any atom is -0.461 e. The summed E-state index contributed by atoms with van der Waals surface area (Å²) in [6, 6.07) is 20.3. The van der Waals surface area contributed by atoms with E-state index in [1.54, 1.807) is 24.3 Å². The lowest BCUT2D eigenvalue weighted by Crippen LogP contribution is -2.38. The summed E-state index contributed by atoms with van der Waals surface area (Å²) in [7, 11) is 0. The highest BCUT2D eigenvalue weighted by Crippen LogP contribution is 2.19. The number of hydrogen-bond acceptors (Lipinski definition) is 6. The predicted molar refractivity (Wildman–Crippen MR) is 117 cm³/mol. The van der Waals surface area contributed by atoms with Crippen LogP contribution in [0.15, 0.2) is 66.7 Å². The number of ether oxygens (including phenoxy) is 3. The van der Waals surface area contributed by atoms with Crippen LogP contribution in [0.1, 0.15) is 26.3 Å². The fourth-order valence-electron chi connectivity index (χ4n) is 3.56. The van der Waals surface area contributed by atoms with Crippen LogP contribution in [0.25, 0.3) is 10.8 Å². The number of carbonyl (C=O) groups is 2. The van der Waals surface area contributed by atoms with Crippen molar-refractivity contribution in [2.75, 3.05) is 39.5 Å². The van der Waals surface area contributed by atoms with Gasteiger partial charge in [0.15, 0.2) is 0 Å². The summed E-state index contributed by atoms with van der Waals surface area (Å²) >= 11 is 0. The van der Waals surface area contributed by atoms with Crippen LogP contribution in [0.3, 0.4) is 0 Å². The molecule has 6 nitrogen and oxygen atoms in total. The molecule has 0 bridgehead atoms. The summed E-state index contributed by atoms with van der Waals surface area (Å²) in [4.78, 5) is 26.8. The first-order valence-corrected chi connectivity index (χ1v) is 10.4. The van der Waals surface area contributed by atoms with E-state index in [1.165, 1.54) is 0 Å². The molecule has 0 atom stereocenters. The van der Waals surface area contributed by atoms with Crippen LogP contribution in [0.2, 0.25) is 0 Å². The molecule has 4 rings (SSSR count). The van der Waals surface area contributed by atoms with E-state index >= 15 is 0 Å². The van der Waals surface area contributed by atoms with E-state index in [9.17, 15) is 9.59 Å². The molecule has 0 aliphatic carbocycles. The van der Waals surface area contributed by atoms with E-state index in [2.05, 4.69) is 4.90 Å². The van der Waals surface area contributed by atoms with Gasteiger partial charge in [-0.3, -0.25) is 4.90 Å². The number of benzene rings is 3. The molecule has 0 unspecified atom stereocenters. The number of carbonyl (C=O) groups excluding carboxylic acids is 2. The Bertz CT molecular complexity index is 1040. The van der Waals surface area contributed by atoms with Crippen molar-refractivity contribution in [3.05, 3.63) is 83.4 Å². The summed E-state index contributed by atoms with van der Waals surface area (Å²) in [5, 5.41) is 2.17. The first-order valence-electron chi connectivity index (χ1n) is 10.4. The summed E-state index contributed by atoms with van der Waals surface area (Å²) in [5.74, 6) is -0.830. The molecule has 31 heavy (non-hydrogen) atoms. The molecular weight excluding hydrogens is 394 g/mol. The Kier molecular flexibility index (Phi) is 6.92. The van der Waals surface area contributed by atoms with Crippen molar-refractivity contribution in [1.82, 2.24) is 4.90 Å². The summed E-state index contributed by atoms with van der Waals surface area (Å²) < 4.78 is 16.1. The zero-order valence-electron chi connectivity index (χ0n) is 17.3. The number of hydrogen-bond donors (Lipinski definition) is 0. The first kappa shape index (κ1) is 21.0. The third kappa shape index (κ3) is 5.48. The molecule has 0 aromatic heterocycles. The molecule has 1 aliphatic rings. The Morgan fingerprint density at radius 3 is 2.19 bits per heavy atom. The van der Waals surface area contributed by atoms with E-state index in [0.29, 0.717) is 37.5 Å². The standard InChI is InChI=1S/C25H25NO5/c27-24(30-17-14-26-12-15-29-16-13-26)20-8-10-21(11-9-20)25(28)31-18-22-6-3-5-19-4-1-2-7-23(19)22/h1-11H,12-18H2. The highest BCUT2D eigenvalue weighted by Gasteiger charge is 2.14. The van der Waals surface area contributed by atoms with Gasteiger partial charge in [0.1, 0.15) is 13.2 Å². The number of rotatable bonds is 7. The maximum Gasteiger partial charge on any atom is 0.338 e. The van der Waals surface area contributed by atoms with Crippen molar-refractivity contribution in [2.24, 2.45) is 0 Å². The molecular formula is C25H25NO5. The van der Waals surface area contributed by atoms with Crippen molar-refractivity contribution in [1.29, 1.82) is 0 Å². The van der Waals surface area contributed by atoms with Crippen LogP contribution in [0.4, 0.5) is 0 Å². The second kappa shape index (κ2) is 10.2. The molecule has 0 radical (unpaired) electrons. The molecule has 1 heterocycles. The van der Waals surface area contributed by atoms with Gasteiger partial charge in [-0.1, -0.05) is 42.5 Å². The van der Waals surface area contributed by atoms with Gasteiger partial charge in [0.2, 0.25) is 0 Å². The minimum atomic E-state index is -0.430. The van der Waals surface area contributed by atoms with Gasteiger partial charge in [0.25, 0.3) is 0 Å². The van der Waals surface area contributed by atoms with Gasteiger partial charge in [-0.25, -0.2) is 9.59 Å². The molecule has 6 heteroatoms. The quantitative estimate of drug-likeness (QED) is 0.545. The normalized spacial score (nSPS) is 14.3. The fraction of sp³-hybridized carbons (Fsp3) is 0.280. The topological polar surface area (TPSA) is 65.1 Å². The Morgan fingerprint density at radius 2 is 1.45 bits per heavy atom. The van der Waals surface area contributed by atoms with Gasteiger partial charge < -0.3 is 14.2 Å². The maximum atomic E-state index is 12.4. The molecule has 160 valence electrons. The van der Waals surface area contributed by atoms with Gasteiger partial charge in [-0.15, -0.1) is 0 Å². The Balaban J connectivity index is 1.29. The van der Waals surface area contributed by atoms with Gasteiger partial charge >= 0.3 is 11.9 Å². The molecule has 1 saturated heterocycles. The maximum absolute atomic E-state index is 12.4. The van der Waals surface area contributed by atoms with Crippen LogP contribution in [-0.2, 0) is 20.8 Å². The number of morpholine rings is 1. The fourth-order valence-corrected chi connectivity index (χ4v) is 3.56. The largest absolute Gasteiger partial charge is 0.461 e. The monoisotopic (exact) mass is 419 g/mol. The van der Waals surface area contributed by atoms with E-state index in [0.717, 1.165) is 29.4 Å². The van der Waals surface area contributed by atoms with Gasteiger partial charge in [0.05, 0.1) is 24.3 Å². The van der Waals surface area contributed by atoms with Crippen molar-refractivity contribution in [3.63, 3.8) is 0 Å². The third-order valence-corrected chi connectivity index (χ3v) is 5.34. The molecule has 1 aliphatic heterocycles. The lowest BCUT2D eigenvalue weighted by Gasteiger charge is -2.26. The van der Waals surface area contributed by atoms with E-state index in [4.69, 9.17) is 14.2 Å². The van der Waals surface area contributed by atoms with Crippen LogP contribution in [0, 0.1) is 0 Å². The lowest BCUT2D eigenvalue weighted by atomic mass is 10.1. The first-order chi connectivity index (χ1) is 15.2. The highest BCUT2D eigenvalue weighted by atomic mass is 16.5. The summed E-state index contributed by atoms with van der Waals surface area (Å²) in [6.07, 6.45) is 0. The zero-order chi connectivity index (χ0) is 21.5. The van der Waals surface area contributed by atoms with Crippen molar-refractivity contribution >= 4 is 22.7 Å². The SMILES string of the molecule is O=C(OCCN1CCOCC1)c1ccc(C(=O)OCc2cccc3ccccc23)cc1. The zero-order valence-corrected chi connectivity index (χ0v) is 17.3. The van der Waals surface area contributed by atoms with Gasteiger partial charge in [0, 0.05) is 19.6 Å².